The quantitative estimate of drug-likeness (QED) is 0.196. The van der Waals surface area contributed by atoms with Crippen LogP contribution in [-0.4, -0.2) is 87.3 Å². The van der Waals surface area contributed by atoms with Gasteiger partial charge in [0.2, 0.25) is 11.9 Å². The van der Waals surface area contributed by atoms with Gasteiger partial charge in [-0.05, 0) is 67.6 Å². The molecule has 7 rings (SSSR count). The van der Waals surface area contributed by atoms with Crippen molar-refractivity contribution in [3.05, 3.63) is 94.5 Å². The van der Waals surface area contributed by atoms with Crippen molar-refractivity contribution in [2.24, 2.45) is 26.1 Å². The van der Waals surface area contributed by atoms with Crippen molar-refractivity contribution in [2.75, 3.05) is 45.2 Å². The number of hydrogen-bond acceptors (Lipinski definition) is 10. The summed E-state index contributed by atoms with van der Waals surface area (Å²) < 4.78 is 49.9. The maximum atomic E-state index is 13.5. The number of anilines is 1. The van der Waals surface area contributed by atoms with Gasteiger partial charge in [0.25, 0.3) is 11.9 Å². The monoisotopic (exact) mass is 771 g/mol. The third-order valence-corrected chi connectivity index (χ3v) is 8.00. The van der Waals surface area contributed by atoms with Crippen LogP contribution in [0.4, 0.5) is 18.9 Å². The number of hydrogen-bond donors (Lipinski definition) is 3. The second-order valence-corrected chi connectivity index (χ2v) is 13.1. The van der Waals surface area contributed by atoms with Crippen LogP contribution >= 0.6 is 11.6 Å². The van der Waals surface area contributed by atoms with E-state index < -0.39 is 30.1 Å². The van der Waals surface area contributed by atoms with E-state index in [1.54, 1.807) is 47.4 Å². The number of nitrogens with one attached hydrogen (secondary N) is 2. The first-order chi connectivity index (χ1) is 25.7. The summed E-state index contributed by atoms with van der Waals surface area (Å²) in [4.78, 5) is 52.9. The Morgan fingerprint density at radius 1 is 1.07 bits per heavy atom. The van der Waals surface area contributed by atoms with E-state index in [4.69, 9.17) is 21.1 Å². The second-order valence-electron chi connectivity index (χ2n) is 12.7. The van der Waals surface area contributed by atoms with Gasteiger partial charge in [0.15, 0.2) is 12.4 Å². The zero-order valence-electron chi connectivity index (χ0n) is 30.4. The van der Waals surface area contributed by atoms with E-state index in [9.17, 15) is 27.6 Å². The van der Waals surface area contributed by atoms with E-state index in [0.717, 1.165) is 0 Å². The number of carbonyl (C=O) groups excluding carboxylic acids is 3. The number of ether oxygens (including phenoxy) is 2. The Balaban J connectivity index is 0.00000385. The molecule has 54 heavy (non-hydrogen) atoms. The zero-order valence-corrected chi connectivity index (χ0v) is 31.2. The van der Waals surface area contributed by atoms with Gasteiger partial charge in [0.05, 0.1) is 18.2 Å². The Labute approximate surface area is 317 Å². The molecule has 0 aromatic heterocycles. The van der Waals surface area contributed by atoms with Crippen LogP contribution in [0.15, 0.2) is 87.8 Å². The molecule has 4 heterocycles. The number of halogens is 4. The Morgan fingerprint density at radius 3 is 2.43 bits per heavy atom. The number of rotatable bonds is 5. The van der Waals surface area contributed by atoms with Crippen LogP contribution in [0.3, 0.4) is 0 Å². The van der Waals surface area contributed by atoms with Crippen molar-refractivity contribution in [2.45, 2.75) is 45.8 Å². The number of Topliss-reactive ketones (excluding diaryl/α,β-unsaturated/α-hetero) is 1. The smallest absolute Gasteiger partial charge is 0.422 e. The molecule has 4 N–H and O–H groups in total. The molecule has 16 heteroatoms. The highest BCUT2D eigenvalue weighted by Crippen LogP contribution is 2.26. The number of amides is 2. The van der Waals surface area contributed by atoms with Crippen molar-refractivity contribution >= 4 is 53.6 Å². The molecular weight excluding hydrogens is 727 g/mol. The second kappa shape index (κ2) is 20.8. The topological polar surface area (TPSA) is 160 Å². The molecule has 0 aliphatic carbocycles. The molecule has 4 bridgehead atoms. The van der Waals surface area contributed by atoms with E-state index in [2.05, 4.69) is 38.1 Å². The number of alkyl halides is 3. The predicted molar refractivity (Wildman–Crippen MR) is 205 cm³/mol. The van der Waals surface area contributed by atoms with Crippen LogP contribution in [-0.2, 0) is 16.1 Å². The Hall–Kier alpha value is -5.28. The summed E-state index contributed by atoms with van der Waals surface area (Å²) in [6.45, 7) is 6.66. The highest BCUT2D eigenvalue weighted by Gasteiger charge is 2.30. The summed E-state index contributed by atoms with van der Waals surface area (Å²) >= 11 is 6.48. The lowest BCUT2D eigenvalue weighted by molar-refractivity contribution is -0.156. The number of ketones is 1. The van der Waals surface area contributed by atoms with Crippen LogP contribution < -0.4 is 21.1 Å². The van der Waals surface area contributed by atoms with Crippen molar-refractivity contribution in [3.8, 4) is 5.75 Å². The first kappa shape index (κ1) is 43.1. The zero-order chi connectivity index (χ0) is 39.7. The minimum absolute atomic E-state index is 0.00778. The van der Waals surface area contributed by atoms with Crippen LogP contribution in [0.25, 0.3) is 0 Å². The summed E-state index contributed by atoms with van der Waals surface area (Å²) in [6.07, 6.45) is -4.13. The summed E-state index contributed by atoms with van der Waals surface area (Å²) in [5, 5.41) is 5.85. The van der Waals surface area contributed by atoms with Gasteiger partial charge in [-0.25, -0.2) is 9.98 Å². The maximum absolute atomic E-state index is 13.5. The summed E-state index contributed by atoms with van der Waals surface area (Å²) in [6, 6.07) is 19.2. The highest BCUT2D eigenvalue weighted by molar-refractivity contribution is 6.32. The molecule has 0 unspecified atom stereocenters. The van der Waals surface area contributed by atoms with Gasteiger partial charge in [-0.1, -0.05) is 61.8 Å². The van der Waals surface area contributed by atoms with E-state index in [0.29, 0.717) is 34.9 Å². The molecular formula is C38H45ClF3N7O5. The SMILES string of the molecule is C=NC1=NCc2ccc(c(Cl)c2)OCCCN(C(=O)CCC(=O)c2ccccc2)CC(C)(C)CNC(=O)c2ccc(cc2)N/C(OCC(F)(F)F)=N\1.CN. The van der Waals surface area contributed by atoms with Crippen LogP contribution in [0.5, 0.6) is 5.75 Å². The van der Waals surface area contributed by atoms with Crippen molar-refractivity contribution in [1.82, 2.24) is 10.2 Å². The first-order valence-electron chi connectivity index (χ1n) is 17.0. The third kappa shape index (κ3) is 14.6. The molecule has 0 saturated heterocycles. The molecule has 3 aromatic carbocycles. The van der Waals surface area contributed by atoms with Crippen LogP contribution in [0.1, 0.15) is 59.4 Å². The minimum atomic E-state index is -4.65. The minimum Gasteiger partial charge on any atom is -0.492 e. The molecule has 3 aromatic rings. The fourth-order valence-corrected chi connectivity index (χ4v) is 5.34. The number of nitrogens with two attached hydrogens (primary N) is 1. The number of carbonyl (C=O) groups is 3. The fraction of sp³-hybridized carbons (Fsp3) is 0.368. The van der Waals surface area contributed by atoms with Gasteiger partial charge >= 0.3 is 6.18 Å². The van der Waals surface area contributed by atoms with Crippen molar-refractivity contribution < 1.29 is 37.0 Å². The summed E-state index contributed by atoms with van der Waals surface area (Å²) in [5.41, 5.74) is 5.65. The lowest BCUT2D eigenvalue weighted by Gasteiger charge is -2.33. The van der Waals surface area contributed by atoms with Gasteiger partial charge in [-0.3, -0.25) is 14.4 Å². The number of benzene rings is 3. The largest absolute Gasteiger partial charge is 0.492 e. The average Bonchev–Trinajstić information content (AvgIpc) is 3.15. The summed E-state index contributed by atoms with van der Waals surface area (Å²) in [5.74, 6) is -0.585. The molecule has 0 radical (unpaired) electrons. The Kier molecular flexibility index (Phi) is 16.6. The van der Waals surface area contributed by atoms with Gasteiger partial charge < -0.3 is 30.7 Å². The van der Waals surface area contributed by atoms with E-state index in [1.165, 1.54) is 31.3 Å². The number of guanidine groups is 1. The number of aliphatic imine (C=N–C) groups is 3. The van der Waals surface area contributed by atoms with Gasteiger partial charge in [0, 0.05) is 49.3 Å². The van der Waals surface area contributed by atoms with Crippen molar-refractivity contribution in [3.63, 3.8) is 0 Å². The van der Waals surface area contributed by atoms with Gasteiger partial charge in [-0.2, -0.15) is 18.2 Å². The molecule has 4 aliphatic heterocycles. The molecule has 290 valence electrons. The van der Waals surface area contributed by atoms with Crippen molar-refractivity contribution in [1.29, 1.82) is 0 Å². The molecule has 2 amide bonds. The average molecular weight is 772 g/mol. The number of amidine groups is 1. The first-order valence-corrected chi connectivity index (χ1v) is 17.4. The molecule has 0 atom stereocenters. The molecule has 0 saturated carbocycles. The highest BCUT2D eigenvalue weighted by atomic mass is 35.5. The third-order valence-electron chi connectivity index (χ3n) is 7.70. The summed E-state index contributed by atoms with van der Waals surface area (Å²) in [7, 11) is 1.50. The fourth-order valence-electron chi connectivity index (χ4n) is 5.08. The van der Waals surface area contributed by atoms with Crippen LogP contribution in [0.2, 0.25) is 5.02 Å². The van der Waals surface area contributed by atoms with E-state index in [-0.39, 0.29) is 68.0 Å². The molecule has 4 aliphatic rings. The standard InChI is InChI=1S/C37H40ClF3N6O5.CH5N/c1-36(2)22-44-33(50)27-11-13-28(14-12-27)45-35(52-24-37(39,40)41)46-34(42-3)43-21-25-10-16-31(29(38)20-25)51-19-7-18-47(23-36)32(49)17-15-30(48)26-8-5-4-6-9-26;1-2/h4-6,8-14,16,20H,3,7,15,17-19,21-24H2,1-2H3,(H,44,50)(H,43,45,46);2H2,1H3. The van der Waals surface area contributed by atoms with Gasteiger partial charge in [-0.15, -0.1) is 0 Å². The van der Waals surface area contributed by atoms with Gasteiger partial charge in [0.1, 0.15) is 5.75 Å². The van der Waals surface area contributed by atoms with Crippen LogP contribution in [0, 0.1) is 5.41 Å². The Bertz CT molecular complexity index is 1790. The lowest BCUT2D eigenvalue weighted by Crippen LogP contribution is -2.45. The van der Waals surface area contributed by atoms with E-state index >= 15 is 0 Å². The normalized spacial score (nSPS) is 16.4. The Morgan fingerprint density at radius 2 is 1.78 bits per heavy atom. The lowest BCUT2D eigenvalue weighted by atomic mass is 9.92. The number of nitrogens with zero attached hydrogens (tertiary/aromatic N) is 4. The van der Waals surface area contributed by atoms with E-state index in [1.807, 2.05) is 19.9 Å². The molecule has 0 spiro atoms. The molecule has 0 fully saturated rings. The predicted octanol–water partition coefficient (Wildman–Crippen LogP) is 6.55. The maximum Gasteiger partial charge on any atom is 0.422 e. The molecule has 12 nitrogen and oxygen atoms in total.